The first-order valence-corrected chi connectivity index (χ1v) is 17.0. The zero-order valence-corrected chi connectivity index (χ0v) is 29.4. The van der Waals surface area contributed by atoms with Crippen LogP contribution in [0.3, 0.4) is 0 Å². The molecule has 0 aliphatic heterocycles. The number of aryl methyl sites for hydroxylation is 3. The third-order valence-corrected chi connectivity index (χ3v) is 9.67. The summed E-state index contributed by atoms with van der Waals surface area (Å²) in [6, 6.07) is 28.2. The number of nitrogens with zero attached hydrogens (tertiary/aromatic N) is 4. The van der Waals surface area contributed by atoms with Gasteiger partial charge in [-0.2, -0.15) is 9.97 Å². The summed E-state index contributed by atoms with van der Waals surface area (Å²) in [6.07, 6.45) is 0. The number of hydrogen-bond donors (Lipinski definition) is 4. The summed E-state index contributed by atoms with van der Waals surface area (Å²) in [5, 5.41) is 21.7. The molecule has 0 atom stereocenters. The summed E-state index contributed by atoms with van der Waals surface area (Å²) >= 11 is 16.2. The van der Waals surface area contributed by atoms with Crippen molar-refractivity contribution in [1.82, 2.24) is 30.4 Å². The van der Waals surface area contributed by atoms with E-state index in [1.54, 1.807) is 30.6 Å². The topological polar surface area (TPSA) is 116 Å². The van der Waals surface area contributed by atoms with E-state index in [1.165, 1.54) is 4.90 Å². The lowest BCUT2D eigenvalue weighted by molar-refractivity contribution is 0.411. The number of anilines is 2. The lowest BCUT2D eigenvalue weighted by Gasteiger charge is -2.12. The van der Waals surface area contributed by atoms with Gasteiger partial charge in [0.2, 0.25) is 11.9 Å². The molecule has 0 bridgehead atoms. The van der Waals surface area contributed by atoms with Crippen molar-refractivity contribution >= 4 is 58.6 Å². The molecular formula is C34H34Cl2N8OS2. The highest BCUT2D eigenvalue weighted by Crippen LogP contribution is 2.36. The number of aromatic nitrogens is 6. The Morgan fingerprint density at radius 2 is 1.19 bits per heavy atom. The highest BCUT2D eigenvalue weighted by Gasteiger charge is 2.12. The van der Waals surface area contributed by atoms with Gasteiger partial charge in [0.25, 0.3) is 0 Å². The second-order valence-electron chi connectivity index (χ2n) is 10.3. The molecule has 0 unspecified atom stereocenters. The molecule has 13 heteroatoms. The van der Waals surface area contributed by atoms with Crippen molar-refractivity contribution < 1.29 is 4.74 Å². The molecule has 242 valence electrons. The molecule has 47 heavy (non-hydrogen) atoms. The van der Waals surface area contributed by atoms with Crippen LogP contribution < -0.4 is 15.4 Å². The number of benzene rings is 4. The normalized spacial score (nSPS) is 10.7. The van der Waals surface area contributed by atoms with E-state index in [2.05, 4.69) is 71.3 Å². The zero-order chi connectivity index (χ0) is 33.2. The van der Waals surface area contributed by atoms with Crippen LogP contribution in [-0.4, -0.2) is 37.5 Å². The Labute approximate surface area is 292 Å². The fraction of sp³-hybridized carbons (Fsp3) is 0.176. The van der Waals surface area contributed by atoms with Crippen molar-refractivity contribution in [2.45, 2.75) is 53.4 Å². The molecule has 6 aromatic rings. The van der Waals surface area contributed by atoms with E-state index in [4.69, 9.17) is 27.9 Å². The maximum absolute atomic E-state index is 6.42. The van der Waals surface area contributed by atoms with Crippen molar-refractivity contribution in [2.24, 2.45) is 0 Å². The minimum atomic E-state index is 0.550. The molecule has 4 N–H and O–H groups in total. The Hall–Kier alpha value is -4.16. The quantitative estimate of drug-likeness (QED) is 0.105. The van der Waals surface area contributed by atoms with Crippen molar-refractivity contribution in [1.29, 1.82) is 0 Å². The maximum Gasteiger partial charge on any atom is 0.242 e. The van der Waals surface area contributed by atoms with Gasteiger partial charge in [-0.25, -0.2) is 0 Å². The van der Waals surface area contributed by atoms with Crippen LogP contribution in [-0.2, 0) is 13.1 Å². The molecule has 0 saturated heterocycles. The summed E-state index contributed by atoms with van der Waals surface area (Å²) < 4.78 is 5.33. The monoisotopic (exact) mass is 704 g/mol. The van der Waals surface area contributed by atoms with Gasteiger partial charge in [0.05, 0.1) is 7.11 Å². The number of H-pyrrole nitrogens is 2. The Bertz CT molecular complexity index is 1920. The Morgan fingerprint density at radius 1 is 0.660 bits per heavy atom. The van der Waals surface area contributed by atoms with Crippen LogP contribution in [0.15, 0.2) is 105 Å². The van der Waals surface area contributed by atoms with E-state index in [0.29, 0.717) is 25.0 Å². The van der Waals surface area contributed by atoms with Gasteiger partial charge in [0.15, 0.2) is 0 Å². The standard InChI is InChI=1S/C18H19ClN4OS.C16H15ClN4S/c1-11-9-13(7-8-16(11)24-3)25-17-6-4-5-15(19)14(17)10-20-18-21-12(2)22-23-18;1-11-19-16(21-20-11)18-10-13-14(17)8-5-9-15(13)22-12-6-3-2-4-7-12/h4-9H,10H2,1-3H3,(H2,20,21,22,23);2-9H,10H2,1H3,(H2,18,19,20,21). The van der Waals surface area contributed by atoms with Crippen molar-refractivity contribution in [3.05, 3.63) is 123 Å². The first-order valence-electron chi connectivity index (χ1n) is 14.6. The van der Waals surface area contributed by atoms with Gasteiger partial charge < -0.3 is 15.4 Å². The van der Waals surface area contributed by atoms with E-state index in [9.17, 15) is 0 Å². The van der Waals surface area contributed by atoms with Crippen LogP contribution in [0, 0.1) is 20.8 Å². The largest absolute Gasteiger partial charge is 0.496 e. The van der Waals surface area contributed by atoms with Gasteiger partial charge in [-0.3, -0.25) is 10.2 Å². The lowest BCUT2D eigenvalue weighted by atomic mass is 10.2. The lowest BCUT2D eigenvalue weighted by Crippen LogP contribution is -2.03. The van der Waals surface area contributed by atoms with E-state index in [0.717, 1.165) is 58.8 Å². The van der Waals surface area contributed by atoms with Crippen LogP contribution >= 0.6 is 46.7 Å². The summed E-state index contributed by atoms with van der Waals surface area (Å²) in [5.74, 6) is 3.57. The number of aromatic amines is 2. The molecule has 0 radical (unpaired) electrons. The van der Waals surface area contributed by atoms with Gasteiger partial charge in [-0.1, -0.05) is 77.1 Å². The van der Waals surface area contributed by atoms with Crippen LogP contribution in [0.1, 0.15) is 28.3 Å². The van der Waals surface area contributed by atoms with Gasteiger partial charge in [-0.05, 0) is 80.9 Å². The Morgan fingerprint density at radius 3 is 1.66 bits per heavy atom. The van der Waals surface area contributed by atoms with Gasteiger partial charge in [0, 0.05) is 53.8 Å². The third-order valence-electron chi connectivity index (χ3n) is 6.76. The average Bonchev–Trinajstić information content (AvgIpc) is 3.68. The predicted molar refractivity (Wildman–Crippen MR) is 192 cm³/mol. The van der Waals surface area contributed by atoms with Crippen molar-refractivity contribution in [3.8, 4) is 5.75 Å². The number of ether oxygens (including phenoxy) is 1. The number of halogens is 2. The molecular weight excluding hydrogens is 671 g/mol. The summed E-state index contributed by atoms with van der Waals surface area (Å²) in [6.45, 7) is 6.89. The summed E-state index contributed by atoms with van der Waals surface area (Å²) in [4.78, 5) is 13.0. The molecule has 0 amide bonds. The molecule has 9 nitrogen and oxygen atoms in total. The molecule has 2 heterocycles. The third kappa shape index (κ3) is 9.68. The molecule has 2 aromatic heterocycles. The second kappa shape index (κ2) is 16.6. The summed E-state index contributed by atoms with van der Waals surface area (Å²) in [5.41, 5.74) is 3.16. The highest BCUT2D eigenvalue weighted by atomic mass is 35.5. The van der Waals surface area contributed by atoms with E-state index < -0.39 is 0 Å². The average molecular weight is 706 g/mol. The van der Waals surface area contributed by atoms with Crippen LogP contribution in [0.5, 0.6) is 5.75 Å². The number of nitrogens with one attached hydrogen (secondary N) is 4. The number of rotatable bonds is 11. The number of hydrogen-bond acceptors (Lipinski definition) is 9. The molecule has 0 aliphatic rings. The van der Waals surface area contributed by atoms with Crippen LogP contribution in [0.25, 0.3) is 0 Å². The first-order chi connectivity index (χ1) is 22.8. The van der Waals surface area contributed by atoms with Gasteiger partial charge in [0.1, 0.15) is 17.4 Å². The first kappa shape index (κ1) is 34.2. The van der Waals surface area contributed by atoms with E-state index >= 15 is 0 Å². The predicted octanol–water partition coefficient (Wildman–Crippen LogP) is 9.38. The second-order valence-corrected chi connectivity index (χ2v) is 13.3. The van der Waals surface area contributed by atoms with Crippen molar-refractivity contribution in [3.63, 3.8) is 0 Å². The summed E-state index contributed by atoms with van der Waals surface area (Å²) in [7, 11) is 1.68. The van der Waals surface area contributed by atoms with Crippen LogP contribution in [0.2, 0.25) is 10.0 Å². The minimum absolute atomic E-state index is 0.550. The van der Waals surface area contributed by atoms with Gasteiger partial charge >= 0.3 is 0 Å². The minimum Gasteiger partial charge on any atom is -0.496 e. The molecule has 6 rings (SSSR count). The molecule has 0 aliphatic carbocycles. The number of methoxy groups -OCH3 is 1. The maximum atomic E-state index is 6.42. The fourth-order valence-electron chi connectivity index (χ4n) is 4.45. The highest BCUT2D eigenvalue weighted by molar-refractivity contribution is 7.99. The SMILES string of the molecule is COc1ccc(Sc2cccc(Cl)c2CNc2n[nH]c(C)n2)cc1C.Cc1nc(NCc2c(Cl)cccc2Sc2ccccc2)n[nH]1. The fourth-order valence-corrected chi connectivity index (χ4v) is 7.12. The molecule has 0 fully saturated rings. The van der Waals surface area contributed by atoms with Crippen LogP contribution in [0.4, 0.5) is 11.9 Å². The Balaban J connectivity index is 0.000000186. The zero-order valence-electron chi connectivity index (χ0n) is 26.3. The van der Waals surface area contributed by atoms with E-state index in [1.807, 2.05) is 75.4 Å². The Kier molecular flexibility index (Phi) is 12.1. The molecule has 4 aromatic carbocycles. The molecule has 0 saturated carbocycles. The van der Waals surface area contributed by atoms with Crippen molar-refractivity contribution in [2.75, 3.05) is 17.7 Å². The van der Waals surface area contributed by atoms with Gasteiger partial charge in [-0.15, -0.1) is 10.2 Å². The molecule has 0 spiro atoms. The van der Waals surface area contributed by atoms with E-state index in [-0.39, 0.29) is 0 Å². The smallest absolute Gasteiger partial charge is 0.242 e.